The van der Waals surface area contributed by atoms with Gasteiger partial charge in [0.2, 0.25) is 0 Å². The van der Waals surface area contributed by atoms with Crippen LogP contribution < -0.4 is 11.1 Å². The largest absolute Gasteiger partial charge is 0.348 e. The lowest BCUT2D eigenvalue weighted by atomic mass is 10.1. The zero-order valence-corrected chi connectivity index (χ0v) is 11.3. The summed E-state index contributed by atoms with van der Waals surface area (Å²) in [6.07, 6.45) is 2.59. The molecule has 1 aromatic rings. The Bertz CT molecular complexity index is 494. The number of nitro benzene ring substituents is 1. The zero-order chi connectivity index (χ0) is 15.1. The van der Waals surface area contributed by atoms with Crippen LogP contribution in [0, 0.1) is 15.9 Å². The van der Waals surface area contributed by atoms with Crippen LogP contribution in [-0.2, 0) is 0 Å². The third kappa shape index (κ3) is 4.27. The van der Waals surface area contributed by atoms with Gasteiger partial charge in [0.1, 0.15) is 5.82 Å². The van der Waals surface area contributed by atoms with Gasteiger partial charge < -0.3 is 11.1 Å². The topological polar surface area (TPSA) is 98.3 Å². The van der Waals surface area contributed by atoms with Crippen molar-refractivity contribution in [2.24, 2.45) is 5.73 Å². The smallest absolute Gasteiger partial charge is 0.272 e. The molecule has 0 aliphatic carbocycles. The van der Waals surface area contributed by atoms with Gasteiger partial charge >= 0.3 is 0 Å². The average molecular weight is 283 g/mol. The molecule has 0 heterocycles. The first-order chi connectivity index (χ1) is 9.49. The van der Waals surface area contributed by atoms with Crippen molar-refractivity contribution < 1.29 is 14.1 Å². The van der Waals surface area contributed by atoms with Crippen molar-refractivity contribution in [2.45, 2.75) is 32.2 Å². The van der Waals surface area contributed by atoms with Crippen molar-refractivity contribution >= 4 is 11.6 Å². The van der Waals surface area contributed by atoms with E-state index in [1.807, 2.05) is 6.92 Å². The molecule has 6 nitrogen and oxygen atoms in total. The van der Waals surface area contributed by atoms with E-state index in [4.69, 9.17) is 5.73 Å². The van der Waals surface area contributed by atoms with Crippen LogP contribution in [-0.4, -0.2) is 23.4 Å². The van der Waals surface area contributed by atoms with E-state index in [9.17, 15) is 19.3 Å². The Morgan fingerprint density at radius 2 is 2.25 bits per heavy atom. The highest BCUT2D eigenvalue weighted by Gasteiger charge is 2.18. The van der Waals surface area contributed by atoms with Crippen LogP contribution in [0.2, 0.25) is 0 Å². The highest BCUT2D eigenvalue weighted by molar-refractivity contribution is 5.94. The normalized spacial score (nSPS) is 11.9. The highest BCUT2D eigenvalue weighted by atomic mass is 19.1. The summed E-state index contributed by atoms with van der Waals surface area (Å²) in [5.74, 6) is -1.52. The van der Waals surface area contributed by atoms with E-state index in [0.717, 1.165) is 31.0 Å². The fraction of sp³-hybridized carbons (Fsp3) is 0.462. The Labute approximate surface area is 116 Å². The lowest BCUT2D eigenvalue weighted by Crippen LogP contribution is -2.40. The third-order valence-electron chi connectivity index (χ3n) is 2.93. The van der Waals surface area contributed by atoms with Crippen molar-refractivity contribution in [3.63, 3.8) is 0 Å². The van der Waals surface area contributed by atoms with Gasteiger partial charge in [-0.25, -0.2) is 4.39 Å². The van der Waals surface area contributed by atoms with Crippen molar-refractivity contribution in [1.82, 2.24) is 5.32 Å². The summed E-state index contributed by atoms with van der Waals surface area (Å²) in [7, 11) is 0. The predicted octanol–water partition coefficient (Wildman–Crippen LogP) is 1.98. The number of hydrogen-bond donors (Lipinski definition) is 2. The molecule has 0 saturated heterocycles. The second-order valence-electron chi connectivity index (χ2n) is 4.47. The molecule has 7 heteroatoms. The summed E-state index contributed by atoms with van der Waals surface area (Å²) in [5, 5.41) is 13.1. The van der Waals surface area contributed by atoms with Crippen LogP contribution >= 0.6 is 0 Å². The quantitative estimate of drug-likeness (QED) is 0.590. The van der Waals surface area contributed by atoms with Gasteiger partial charge in [0.25, 0.3) is 11.6 Å². The lowest BCUT2D eigenvalue weighted by Gasteiger charge is -2.16. The minimum absolute atomic E-state index is 0.217. The van der Waals surface area contributed by atoms with Crippen LogP contribution in [0.3, 0.4) is 0 Å². The summed E-state index contributed by atoms with van der Waals surface area (Å²) in [4.78, 5) is 21.7. The van der Waals surface area contributed by atoms with Crippen LogP contribution in [0.4, 0.5) is 10.1 Å². The van der Waals surface area contributed by atoms with Gasteiger partial charge in [0.05, 0.1) is 16.6 Å². The fourth-order valence-corrected chi connectivity index (χ4v) is 1.76. The van der Waals surface area contributed by atoms with E-state index >= 15 is 0 Å². The molecule has 0 bridgehead atoms. The van der Waals surface area contributed by atoms with E-state index in [-0.39, 0.29) is 23.8 Å². The van der Waals surface area contributed by atoms with Gasteiger partial charge in [-0.15, -0.1) is 0 Å². The molecule has 0 radical (unpaired) electrons. The van der Waals surface area contributed by atoms with Gasteiger partial charge in [-0.05, 0) is 12.5 Å². The molecule has 0 saturated carbocycles. The minimum atomic E-state index is -0.914. The number of nitrogens with two attached hydrogens (primary N) is 1. The lowest BCUT2D eigenvalue weighted by molar-refractivity contribution is -0.385. The van der Waals surface area contributed by atoms with E-state index in [1.165, 1.54) is 0 Å². The molecule has 0 spiro atoms. The SMILES string of the molecule is CCCCC(CN)NC(=O)c1ccc([N+](=O)[O-])cc1F. The van der Waals surface area contributed by atoms with E-state index in [2.05, 4.69) is 5.32 Å². The summed E-state index contributed by atoms with van der Waals surface area (Å²) in [5.41, 5.74) is 4.94. The van der Waals surface area contributed by atoms with Crippen molar-refractivity contribution in [1.29, 1.82) is 0 Å². The number of benzene rings is 1. The summed E-state index contributed by atoms with van der Waals surface area (Å²) in [6, 6.07) is 2.72. The molecule has 0 aromatic heterocycles. The number of nitro groups is 1. The third-order valence-corrected chi connectivity index (χ3v) is 2.93. The summed E-state index contributed by atoms with van der Waals surface area (Å²) >= 11 is 0. The number of carbonyl (C=O) groups excluding carboxylic acids is 1. The number of halogens is 1. The van der Waals surface area contributed by atoms with E-state index < -0.39 is 16.6 Å². The van der Waals surface area contributed by atoms with E-state index in [1.54, 1.807) is 0 Å². The molecule has 1 amide bonds. The van der Waals surface area contributed by atoms with Crippen molar-refractivity contribution in [2.75, 3.05) is 6.54 Å². The molecule has 110 valence electrons. The molecule has 0 aliphatic heterocycles. The Balaban J connectivity index is 2.79. The molecule has 3 N–H and O–H groups in total. The zero-order valence-electron chi connectivity index (χ0n) is 11.3. The number of rotatable bonds is 7. The molecule has 1 atom stereocenters. The maximum atomic E-state index is 13.7. The number of unbranched alkanes of at least 4 members (excludes halogenated alkanes) is 1. The Hall–Kier alpha value is -2.02. The van der Waals surface area contributed by atoms with Crippen LogP contribution in [0.1, 0.15) is 36.5 Å². The molecular weight excluding hydrogens is 265 g/mol. The number of amides is 1. The van der Waals surface area contributed by atoms with Crippen molar-refractivity contribution in [3.8, 4) is 0 Å². The summed E-state index contributed by atoms with van der Waals surface area (Å²) in [6.45, 7) is 2.28. The molecule has 1 unspecified atom stereocenters. The Morgan fingerprint density at radius 3 is 2.75 bits per heavy atom. The number of carbonyl (C=O) groups is 1. The first-order valence-corrected chi connectivity index (χ1v) is 6.44. The van der Waals surface area contributed by atoms with Gasteiger partial charge in [-0.1, -0.05) is 19.8 Å². The second kappa shape index (κ2) is 7.54. The molecule has 1 rings (SSSR count). The van der Waals surface area contributed by atoms with Crippen LogP contribution in [0.15, 0.2) is 18.2 Å². The monoisotopic (exact) mass is 283 g/mol. The van der Waals surface area contributed by atoms with Crippen molar-refractivity contribution in [3.05, 3.63) is 39.7 Å². The van der Waals surface area contributed by atoms with Gasteiger partial charge in [0, 0.05) is 18.7 Å². The Morgan fingerprint density at radius 1 is 1.55 bits per heavy atom. The number of nitrogens with one attached hydrogen (secondary N) is 1. The first kappa shape index (κ1) is 16.0. The average Bonchev–Trinajstić information content (AvgIpc) is 2.42. The van der Waals surface area contributed by atoms with Gasteiger partial charge in [0.15, 0.2) is 0 Å². The van der Waals surface area contributed by atoms with Crippen LogP contribution in [0.25, 0.3) is 0 Å². The Kier molecular flexibility index (Phi) is 6.05. The number of hydrogen-bond acceptors (Lipinski definition) is 4. The standard InChI is InChI=1S/C13H18FN3O3/c1-2-3-4-9(8-15)16-13(18)11-6-5-10(17(19)20)7-12(11)14/h5-7,9H,2-4,8,15H2,1H3,(H,16,18). The molecule has 1 aromatic carbocycles. The number of non-ortho nitro benzene ring substituents is 1. The van der Waals surface area contributed by atoms with Gasteiger partial charge in [-0.2, -0.15) is 0 Å². The maximum absolute atomic E-state index is 13.7. The molecule has 20 heavy (non-hydrogen) atoms. The molecular formula is C13H18FN3O3. The second-order valence-corrected chi connectivity index (χ2v) is 4.47. The molecule has 0 fully saturated rings. The van der Waals surface area contributed by atoms with E-state index in [0.29, 0.717) is 6.42 Å². The fourth-order valence-electron chi connectivity index (χ4n) is 1.76. The van der Waals surface area contributed by atoms with Gasteiger partial charge in [-0.3, -0.25) is 14.9 Å². The highest BCUT2D eigenvalue weighted by Crippen LogP contribution is 2.16. The molecule has 0 aliphatic rings. The minimum Gasteiger partial charge on any atom is -0.348 e. The first-order valence-electron chi connectivity index (χ1n) is 6.44. The predicted molar refractivity (Wildman–Crippen MR) is 72.9 cm³/mol. The number of nitrogens with zero attached hydrogens (tertiary/aromatic N) is 1. The van der Waals surface area contributed by atoms with Crippen LogP contribution in [0.5, 0.6) is 0 Å². The maximum Gasteiger partial charge on any atom is 0.272 e. The summed E-state index contributed by atoms with van der Waals surface area (Å²) < 4.78 is 13.7.